The second-order valence-corrected chi connectivity index (χ2v) is 10.1. The van der Waals surface area contributed by atoms with E-state index >= 15 is 0 Å². The van der Waals surface area contributed by atoms with Crippen molar-refractivity contribution in [2.24, 2.45) is 5.92 Å². The van der Waals surface area contributed by atoms with Crippen molar-refractivity contribution in [3.63, 3.8) is 0 Å². The second-order valence-electron chi connectivity index (χ2n) is 9.64. The summed E-state index contributed by atoms with van der Waals surface area (Å²) in [6, 6.07) is 15.2. The lowest BCUT2D eigenvalue weighted by atomic mass is 9.85. The van der Waals surface area contributed by atoms with E-state index in [0.29, 0.717) is 29.9 Å². The number of benzene rings is 2. The Morgan fingerprint density at radius 2 is 1.88 bits per heavy atom. The molecule has 1 aliphatic carbocycles. The summed E-state index contributed by atoms with van der Waals surface area (Å²) in [7, 11) is 0. The van der Waals surface area contributed by atoms with Crippen molar-refractivity contribution in [1.82, 2.24) is 19.8 Å². The molecule has 1 aliphatic heterocycles. The van der Waals surface area contributed by atoms with Gasteiger partial charge in [0.15, 0.2) is 5.82 Å². The predicted molar refractivity (Wildman–Crippen MR) is 129 cm³/mol. The molecule has 172 valence electrons. The first kappa shape index (κ1) is 22.0. The number of nitrogens with zero attached hydrogens (tertiary/aromatic N) is 3. The third kappa shape index (κ3) is 3.90. The minimum atomic E-state index is -1.05. The van der Waals surface area contributed by atoms with Gasteiger partial charge in [-0.2, -0.15) is 0 Å². The van der Waals surface area contributed by atoms with E-state index in [4.69, 9.17) is 11.6 Å². The molecule has 0 saturated heterocycles. The molecule has 1 fully saturated rings. The Hall–Kier alpha value is -2.86. The monoisotopic (exact) mass is 464 g/mol. The summed E-state index contributed by atoms with van der Waals surface area (Å²) < 4.78 is 1.90. The van der Waals surface area contributed by atoms with Crippen molar-refractivity contribution in [2.75, 3.05) is 0 Å². The second kappa shape index (κ2) is 8.49. The molecule has 0 bridgehead atoms. The van der Waals surface area contributed by atoms with E-state index in [-0.39, 0.29) is 17.9 Å². The molecule has 3 aromatic rings. The summed E-state index contributed by atoms with van der Waals surface area (Å²) >= 11 is 6.07. The van der Waals surface area contributed by atoms with Crippen molar-refractivity contribution < 1.29 is 9.59 Å². The number of rotatable bonds is 4. The standard InChI is InChI=1S/C26H29ClN4O2/c1-17-7-3-4-8-20(17)29-25(33)26(2)16-30-22-10-6-5-9-21(22)28-23(30)24(32)31(26)15-18-11-13-19(27)14-12-18/h5-6,9-14,17,20H,3-4,7-8,15-16H2,1-2H3,(H,29,33)/t17-,20+,26-/m1/s1. The zero-order chi connectivity index (χ0) is 23.2. The largest absolute Gasteiger partial charge is 0.351 e. The first-order valence-corrected chi connectivity index (χ1v) is 12.1. The Bertz CT molecular complexity index is 1200. The highest BCUT2D eigenvalue weighted by Crippen LogP contribution is 2.33. The van der Waals surface area contributed by atoms with Crippen molar-refractivity contribution >= 4 is 34.4 Å². The Morgan fingerprint density at radius 1 is 1.15 bits per heavy atom. The third-order valence-corrected chi connectivity index (χ3v) is 7.58. The molecule has 0 spiro atoms. The zero-order valence-corrected chi connectivity index (χ0v) is 19.8. The van der Waals surface area contributed by atoms with Crippen molar-refractivity contribution in [3.05, 3.63) is 64.9 Å². The van der Waals surface area contributed by atoms with Gasteiger partial charge < -0.3 is 14.8 Å². The predicted octanol–water partition coefficient (Wildman–Crippen LogP) is 4.80. The average molecular weight is 465 g/mol. The average Bonchev–Trinajstić information content (AvgIpc) is 3.18. The van der Waals surface area contributed by atoms with Crippen LogP contribution in [0.1, 0.15) is 55.7 Å². The number of aromatic nitrogens is 2. The smallest absolute Gasteiger partial charge is 0.291 e. The van der Waals surface area contributed by atoms with Gasteiger partial charge in [0, 0.05) is 17.6 Å². The molecule has 33 heavy (non-hydrogen) atoms. The molecule has 2 amide bonds. The van der Waals surface area contributed by atoms with Crippen LogP contribution in [-0.4, -0.2) is 37.8 Å². The van der Waals surface area contributed by atoms with Gasteiger partial charge in [-0.05, 0) is 55.5 Å². The maximum atomic E-state index is 13.8. The van der Waals surface area contributed by atoms with Gasteiger partial charge >= 0.3 is 0 Å². The first-order chi connectivity index (χ1) is 15.9. The molecule has 3 atom stereocenters. The molecular weight excluding hydrogens is 436 g/mol. The summed E-state index contributed by atoms with van der Waals surface area (Å²) in [5.74, 6) is 0.468. The topological polar surface area (TPSA) is 67.2 Å². The van der Waals surface area contributed by atoms with Gasteiger partial charge in [0.05, 0.1) is 17.6 Å². The first-order valence-electron chi connectivity index (χ1n) is 11.7. The fourth-order valence-electron chi connectivity index (χ4n) is 5.20. The highest BCUT2D eigenvalue weighted by Gasteiger charge is 2.49. The van der Waals surface area contributed by atoms with Crippen LogP contribution in [0, 0.1) is 5.92 Å². The molecular formula is C26H29ClN4O2. The minimum Gasteiger partial charge on any atom is -0.351 e. The molecule has 1 N–H and O–H groups in total. The van der Waals surface area contributed by atoms with Crippen LogP contribution in [0.25, 0.3) is 11.0 Å². The number of carbonyl (C=O) groups excluding carboxylic acids is 2. The summed E-state index contributed by atoms with van der Waals surface area (Å²) in [5.41, 5.74) is 1.50. The molecule has 2 aromatic carbocycles. The maximum Gasteiger partial charge on any atom is 0.291 e. The minimum absolute atomic E-state index is 0.105. The fourth-order valence-corrected chi connectivity index (χ4v) is 5.33. The third-order valence-electron chi connectivity index (χ3n) is 7.32. The Balaban J connectivity index is 1.54. The van der Waals surface area contributed by atoms with E-state index in [9.17, 15) is 9.59 Å². The molecule has 2 aliphatic rings. The zero-order valence-electron chi connectivity index (χ0n) is 19.1. The Labute approximate surface area is 198 Å². The highest BCUT2D eigenvalue weighted by molar-refractivity contribution is 6.30. The summed E-state index contributed by atoms with van der Waals surface area (Å²) in [6.45, 7) is 4.74. The van der Waals surface area contributed by atoms with Gasteiger partial charge in [0.1, 0.15) is 5.54 Å². The number of hydrogen-bond donors (Lipinski definition) is 1. The molecule has 1 aromatic heterocycles. The molecule has 1 saturated carbocycles. The molecule has 5 rings (SSSR count). The van der Waals surface area contributed by atoms with Gasteiger partial charge in [0.25, 0.3) is 5.91 Å². The molecule has 6 nitrogen and oxygen atoms in total. The van der Waals surface area contributed by atoms with E-state index in [2.05, 4.69) is 17.2 Å². The molecule has 0 radical (unpaired) electrons. The lowest BCUT2D eigenvalue weighted by Crippen LogP contribution is -2.65. The van der Waals surface area contributed by atoms with Gasteiger partial charge in [-0.1, -0.05) is 55.6 Å². The molecule has 0 unspecified atom stereocenters. The SMILES string of the molecule is C[C@@H]1CCCC[C@@H]1NC(=O)[C@@]1(C)Cn2c(nc3ccccc32)C(=O)N1Cc1ccc(Cl)cc1. The normalized spacial score (nSPS) is 25.2. The van der Waals surface area contributed by atoms with Crippen LogP contribution in [0.4, 0.5) is 0 Å². The Morgan fingerprint density at radius 3 is 2.64 bits per heavy atom. The number of imidazole rings is 1. The Kier molecular flexibility index (Phi) is 5.65. The number of fused-ring (bicyclic) bond motifs is 3. The number of hydrogen-bond acceptors (Lipinski definition) is 3. The van der Waals surface area contributed by atoms with Gasteiger partial charge in [0.2, 0.25) is 5.91 Å². The number of halogens is 1. The van der Waals surface area contributed by atoms with Crippen LogP contribution in [0.5, 0.6) is 0 Å². The van der Waals surface area contributed by atoms with E-state index in [1.54, 1.807) is 4.90 Å². The summed E-state index contributed by atoms with van der Waals surface area (Å²) in [5, 5.41) is 3.94. The highest BCUT2D eigenvalue weighted by atomic mass is 35.5. The number of nitrogens with one attached hydrogen (secondary N) is 1. The van der Waals surface area contributed by atoms with Gasteiger partial charge in [-0.15, -0.1) is 0 Å². The van der Waals surface area contributed by atoms with Crippen LogP contribution >= 0.6 is 11.6 Å². The van der Waals surface area contributed by atoms with Crippen molar-refractivity contribution in [3.8, 4) is 0 Å². The lowest BCUT2D eigenvalue weighted by molar-refractivity contribution is -0.134. The van der Waals surface area contributed by atoms with Crippen molar-refractivity contribution in [2.45, 2.75) is 64.2 Å². The maximum absolute atomic E-state index is 13.8. The summed E-state index contributed by atoms with van der Waals surface area (Å²) in [6.07, 6.45) is 4.42. The fraction of sp³-hybridized carbons (Fsp3) is 0.423. The lowest BCUT2D eigenvalue weighted by Gasteiger charge is -2.44. The van der Waals surface area contributed by atoms with E-state index < -0.39 is 5.54 Å². The number of amides is 2. The van der Waals surface area contributed by atoms with Crippen molar-refractivity contribution in [1.29, 1.82) is 0 Å². The van der Waals surface area contributed by atoms with Crippen LogP contribution in [0.15, 0.2) is 48.5 Å². The number of para-hydroxylation sites is 2. The molecule has 7 heteroatoms. The van der Waals surface area contributed by atoms with Gasteiger partial charge in [-0.3, -0.25) is 9.59 Å². The van der Waals surface area contributed by atoms with Crippen LogP contribution < -0.4 is 5.32 Å². The van der Waals surface area contributed by atoms with E-state index in [0.717, 1.165) is 35.9 Å². The van der Waals surface area contributed by atoms with Crippen LogP contribution in [-0.2, 0) is 17.9 Å². The van der Waals surface area contributed by atoms with Gasteiger partial charge in [-0.25, -0.2) is 4.98 Å². The van der Waals surface area contributed by atoms with Crippen LogP contribution in [0.2, 0.25) is 5.02 Å². The summed E-state index contributed by atoms with van der Waals surface area (Å²) in [4.78, 5) is 33.9. The quantitative estimate of drug-likeness (QED) is 0.603. The van der Waals surface area contributed by atoms with E-state index in [1.165, 1.54) is 6.42 Å². The van der Waals surface area contributed by atoms with E-state index in [1.807, 2.05) is 60.0 Å². The van der Waals surface area contributed by atoms with Crippen LogP contribution in [0.3, 0.4) is 0 Å². The molecule has 2 heterocycles. The number of carbonyl (C=O) groups is 2.